The number of rotatable bonds is 2. The first-order chi connectivity index (χ1) is 10.8. The fourth-order valence-electron chi connectivity index (χ4n) is 2.92. The summed E-state index contributed by atoms with van der Waals surface area (Å²) in [5.74, 6) is -0.0329. The Morgan fingerprint density at radius 2 is 1.96 bits per heavy atom. The van der Waals surface area contributed by atoms with Gasteiger partial charge in [-0.05, 0) is 59.0 Å². The van der Waals surface area contributed by atoms with Crippen molar-refractivity contribution < 1.29 is 14.3 Å². The van der Waals surface area contributed by atoms with Crippen molar-refractivity contribution in [2.24, 2.45) is 0 Å². The van der Waals surface area contributed by atoms with E-state index in [9.17, 15) is 9.59 Å². The Balaban J connectivity index is 1.91. The van der Waals surface area contributed by atoms with Gasteiger partial charge in [-0.1, -0.05) is 12.2 Å². The largest absolute Gasteiger partial charge is 0.444 e. The third-order valence-corrected chi connectivity index (χ3v) is 4.04. The van der Waals surface area contributed by atoms with Gasteiger partial charge in [-0.2, -0.15) is 0 Å². The number of likely N-dealkylation sites (tertiary alicyclic amines) is 1. The molecule has 1 aliphatic heterocycles. The molecule has 1 heterocycles. The Kier molecular flexibility index (Phi) is 5.50. The summed E-state index contributed by atoms with van der Waals surface area (Å²) in [6.45, 7) is 8.74. The summed E-state index contributed by atoms with van der Waals surface area (Å²) in [5, 5.41) is 3.07. The van der Waals surface area contributed by atoms with Crippen molar-refractivity contribution >= 4 is 12.0 Å². The lowest BCUT2D eigenvalue weighted by Crippen LogP contribution is -2.51. The molecule has 0 spiro atoms. The minimum Gasteiger partial charge on any atom is -0.444 e. The van der Waals surface area contributed by atoms with Gasteiger partial charge in [0.25, 0.3) is 5.91 Å². The monoisotopic (exact) mass is 320 g/mol. The predicted octanol–water partition coefficient (Wildman–Crippen LogP) is 3.17. The Labute approximate surface area is 138 Å². The molecule has 0 aromatic carbocycles. The van der Waals surface area contributed by atoms with Crippen molar-refractivity contribution in [2.45, 2.75) is 65.0 Å². The second-order valence-corrected chi connectivity index (χ2v) is 7.32. The quantitative estimate of drug-likeness (QED) is 0.850. The molecule has 0 saturated carbocycles. The van der Waals surface area contributed by atoms with Crippen LogP contribution in [0.3, 0.4) is 0 Å². The molecule has 2 amide bonds. The summed E-state index contributed by atoms with van der Waals surface area (Å²) >= 11 is 0. The van der Waals surface area contributed by atoms with Gasteiger partial charge in [-0.25, -0.2) is 4.79 Å². The number of hydrogen-bond donors (Lipinski definition) is 1. The Hall–Kier alpha value is -1.78. The topological polar surface area (TPSA) is 58.6 Å². The molecule has 5 heteroatoms. The highest BCUT2D eigenvalue weighted by Crippen LogP contribution is 2.20. The van der Waals surface area contributed by atoms with E-state index in [-0.39, 0.29) is 18.0 Å². The molecule has 2 aliphatic rings. The van der Waals surface area contributed by atoms with Crippen LogP contribution in [0.15, 0.2) is 23.3 Å². The molecular formula is C18H28N2O3. The molecule has 1 N–H and O–H groups in total. The third-order valence-electron chi connectivity index (χ3n) is 4.04. The van der Waals surface area contributed by atoms with E-state index in [1.807, 2.05) is 33.8 Å². The first-order valence-electron chi connectivity index (χ1n) is 8.42. The molecule has 0 aromatic heterocycles. The number of amides is 2. The van der Waals surface area contributed by atoms with Crippen molar-refractivity contribution in [3.8, 4) is 0 Å². The summed E-state index contributed by atoms with van der Waals surface area (Å²) in [7, 11) is 0. The van der Waals surface area contributed by atoms with Crippen LogP contribution in [0, 0.1) is 0 Å². The van der Waals surface area contributed by atoms with E-state index in [0.717, 1.165) is 36.8 Å². The fourth-order valence-corrected chi connectivity index (χ4v) is 2.92. The van der Waals surface area contributed by atoms with Crippen molar-refractivity contribution in [1.29, 1.82) is 0 Å². The Bertz CT molecular complexity index is 529. The normalized spacial score (nSPS) is 22.1. The lowest BCUT2D eigenvalue weighted by atomic mass is 9.97. The number of piperidine rings is 1. The van der Waals surface area contributed by atoms with Crippen LogP contribution in [-0.2, 0) is 9.53 Å². The van der Waals surface area contributed by atoms with E-state index in [2.05, 4.69) is 11.4 Å². The second kappa shape index (κ2) is 7.20. The zero-order valence-corrected chi connectivity index (χ0v) is 14.6. The van der Waals surface area contributed by atoms with Crippen molar-refractivity contribution in [3.05, 3.63) is 23.3 Å². The lowest BCUT2D eigenvalue weighted by Gasteiger charge is -2.34. The van der Waals surface area contributed by atoms with Gasteiger partial charge in [-0.15, -0.1) is 0 Å². The van der Waals surface area contributed by atoms with Gasteiger partial charge in [0.2, 0.25) is 0 Å². The molecule has 0 radical (unpaired) electrons. The van der Waals surface area contributed by atoms with Gasteiger partial charge in [0.05, 0.1) is 0 Å². The van der Waals surface area contributed by atoms with Gasteiger partial charge in [0.1, 0.15) is 5.60 Å². The Morgan fingerprint density at radius 3 is 2.61 bits per heavy atom. The summed E-state index contributed by atoms with van der Waals surface area (Å²) in [4.78, 5) is 26.3. The van der Waals surface area contributed by atoms with Crippen LogP contribution in [0.2, 0.25) is 0 Å². The molecular weight excluding hydrogens is 292 g/mol. The summed E-state index contributed by atoms with van der Waals surface area (Å²) < 4.78 is 5.42. The van der Waals surface area contributed by atoms with Gasteiger partial charge < -0.3 is 15.0 Å². The third kappa shape index (κ3) is 5.12. The van der Waals surface area contributed by atoms with Crippen molar-refractivity contribution in [1.82, 2.24) is 10.2 Å². The van der Waals surface area contributed by atoms with E-state index in [4.69, 9.17) is 4.74 Å². The number of nitrogens with one attached hydrogen (secondary N) is 1. The predicted molar refractivity (Wildman–Crippen MR) is 90.0 cm³/mol. The number of allylic oxidation sites excluding steroid dienone is 2. The van der Waals surface area contributed by atoms with Crippen LogP contribution in [0.1, 0.15) is 53.4 Å². The average Bonchev–Trinajstić information content (AvgIpc) is 2.46. The van der Waals surface area contributed by atoms with Crippen LogP contribution >= 0.6 is 0 Å². The number of ether oxygens (including phenoxy) is 1. The van der Waals surface area contributed by atoms with E-state index in [1.54, 1.807) is 4.90 Å². The highest BCUT2D eigenvalue weighted by molar-refractivity contribution is 5.98. The average molecular weight is 320 g/mol. The standard InChI is InChI=1S/C18H28N2O3/c1-13-8-5-6-10-15(13)16(21)19-14-9-7-11-20(12-14)17(22)23-18(2,3)4/h8,10,14H,5-7,9,11-12H2,1-4H3,(H,19,21). The van der Waals surface area contributed by atoms with Crippen LogP contribution in [0.4, 0.5) is 4.79 Å². The van der Waals surface area contributed by atoms with Crippen LogP contribution in [0.25, 0.3) is 0 Å². The van der Waals surface area contributed by atoms with E-state index < -0.39 is 5.60 Å². The molecule has 1 unspecified atom stereocenters. The van der Waals surface area contributed by atoms with E-state index in [1.165, 1.54) is 0 Å². The molecule has 1 atom stereocenters. The fraction of sp³-hybridized carbons (Fsp3) is 0.667. The SMILES string of the molecule is CC1=CCCC=C1C(=O)NC1CCCN(C(=O)OC(C)(C)C)C1. The van der Waals surface area contributed by atoms with Crippen LogP contribution in [-0.4, -0.2) is 41.6 Å². The number of nitrogens with zero attached hydrogens (tertiary/aromatic N) is 1. The molecule has 1 aliphatic carbocycles. The maximum atomic E-state index is 12.4. The molecule has 5 nitrogen and oxygen atoms in total. The van der Waals surface area contributed by atoms with E-state index in [0.29, 0.717) is 13.1 Å². The molecule has 2 rings (SSSR count). The first kappa shape index (κ1) is 17.6. The van der Waals surface area contributed by atoms with Gasteiger partial charge in [0.15, 0.2) is 0 Å². The van der Waals surface area contributed by atoms with Gasteiger partial charge in [-0.3, -0.25) is 4.79 Å². The highest BCUT2D eigenvalue weighted by atomic mass is 16.6. The van der Waals surface area contributed by atoms with Crippen LogP contribution in [0.5, 0.6) is 0 Å². The maximum absolute atomic E-state index is 12.4. The molecule has 0 aromatic rings. The maximum Gasteiger partial charge on any atom is 0.410 e. The van der Waals surface area contributed by atoms with Gasteiger partial charge in [0, 0.05) is 24.7 Å². The molecule has 23 heavy (non-hydrogen) atoms. The lowest BCUT2D eigenvalue weighted by molar-refractivity contribution is -0.118. The van der Waals surface area contributed by atoms with E-state index >= 15 is 0 Å². The minimum absolute atomic E-state index is 0.0144. The van der Waals surface area contributed by atoms with Crippen LogP contribution < -0.4 is 5.32 Å². The molecule has 1 fully saturated rings. The Morgan fingerprint density at radius 1 is 1.26 bits per heavy atom. The first-order valence-corrected chi connectivity index (χ1v) is 8.42. The highest BCUT2D eigenvalue weighted by Gasteiger charge is 2.29. The van der Waals surface area contributed by atoms with Crippen molar-refractivity contribution in [2.75, 3.05) is 13.1 Å². The molecule has 0 bridgehead atoms. The zero-order chi connectivity index (χ0) is 17.0. The van der Waals surface area contributed by atoms with Crippen molar-refractivity contribution in [3.63, 3.8) is 0 Å². The summed E-state index contributed by atoms with van der Waals surface area (Å²) in [6, 6.07) is -0.0144. The number of hydrogen-bond acceptors (Lipinski definition) is 3. The summed E-state index contributed by atoms with van der Waals surface area (Å²) in [6.07, 6.45) is 7.47. The second-order valence-electron chi connectivity index (χ2n) is 7.32. The van der Waals surface area contributed by atoms with Gasteiger partial charge >= 0.3 is 6.09 Å². The number of carbonyl (C=O) groups excluding carboxylic acids is 2. The number of carbonyl (C=O) groups is 2. The minimum atomic E-state index is -0.498. The smallest absolute Gasteiger partial charge is 0.410 e. The molecule has 128 valence electrons. The zero-order valence-electron chi connectivity index (χ0n) is 14.6. The molecule has 1 saturated heterocycles. The summed E-state index contributed by atoms with van der Waals surface area (Å²) in [5.41, 5.74) is 1.31.